The first-order chi connectivity index (χ1) is 12.5. The summed E-state index contributed by atoms with van der Waals surface area (Å²) in [7, 11) is 1.48. The number of alkyl halides is 3. The number of nitrogens with zero attached hydrogens (tertiary/aromatic N) is 1. The molecule has 13 heteroatoms. The lowest BCUT2D eigenvalue weighted by molar-refractivity contribution is -0.192. The predicted octanol–water partition coefficient (Wildman–Crippen LogP) is 2.36. The third-order valence-corrected chi connectivity index (χ3v) is 4.30. The minimum absolute atomic E-state index is 0.179. The van der Waals surface area contributed by atoms with Crippen molar-refractivity contribution in [3.63, 3.8) is 0 Å². The summed E-state index contributed by atoms with van der Waals surface area (Å²) in [5, 5.41) is 17.7. The molecule has 1 aromatic heterocycles. The molecule has 1 aliphatic heterocycles. The maximum Gasteiger partial charge on any atom is 0.490 e. The quantitative estimate of drug-likeness (QED) is 0.547. The number of aliphatic carboxylic acids is 1. The van der Waals surface area contributed by atoms with Crippen molar-refractivity contribution < 1.29 is 32.7 Å². The molecule has 0 saturated carbocycles. The molecule has 2 rings (SSSR count). The number of aromatic amines is 1. The largest absolute Gasteiger partial charge is 0.490 e. The number of nitrogens with one attached hydrogen (secondary N) is 3. The number of carbonyl (C=O) groups is 2. The summed E-state index contributed by atoms with van der Waals surface area (Å²) in [5.74, 6) is -3.06. The van der Waals surface area contributed by atoms with Crippen molar-refractivity contribution in [2.75, 3.05) is 20.2 Å². The number of oxime groups is 1. The van der Waals surface area contributed by atoms with E-state index in [1.54, 1.807) is 6.92 Å². The van der Waals surface area contributed by atoms with Crippen molar-refractivity contribution in [2.24, 2.45) is 5.16 Å². The van der Waals surface area contributed by atoms with E-state index in [-0.39, 0.29) is 22.7 Å². The summed E-state index contributed by atoms with van der Waals surface area (Å²) in [6.07, 6.45) is -4.35. The van der Waals surface area contributed by atoms with Crippen LogP contribution in [0.2, 0.25) is 10.0 Å². The zero-order valence-electron chi connectivity index (χ0n) is 14.2. The molecule has 2 heterocycles. The Kier molecular flexibility index (Phi) is 8.38. The van der Waals surface area contributed by atoms with E-state index in [2.05, 4.69) is 20.8 Å². The molecule has 1 aromatic rings. The smallest absolute Gasteiger partial charge is 0.475 e. The number of hydrogen-bond donors (Lipinski definition) is 4. The SMILES string of the molecule is CO/N=C1\CNCCC1NC(=O)c1[nH]c(C)c(Cl)c1Cl.O=C(O)C(F)(F)F. The molecule has 4 N–H and O–H groups in total. The molecule has 0 radical (unpaired) electrons. The summed E-state index contributed by atoms with van der Waals surface area (Å²) >= 11 is 12.0. The van der Waals surface area contributed by atoms with E-state index in [1.807, 2.05) is 0 Å². The van der Waals surface area contributed by atoms with Crippen molar-refractivity contribution in [1.82, 2.24) is 15.6 Å². The molecule has 8 nitrogen and oxygen atoms in total. The number of hydrogen-bond acceptors (Lipinski definition) is 5. The van der Waals surface area contributed by atoms with Gasteiger partial charge in [0.15, 0.2) is 0 Å². The van der Waals surface area contributed by atoms with Gasteiger partial charge in [-0.3, -0.25) is 4.79 Å². The molecule has 27 heavy (non-hydrogen) atoms. The summed E-state index contributed by atoms with van der Waals surface area (Å²) in [6, 6.07) is -0.179. The van der Waals surface area contributed by atoms with E-state index in [0.29, 0.717) is 17.3 Å². The van der Waals surface area contributed by atoms with Crippen LogP contribution in [0.15, 0.2) is 5.16 Å². The number of H-pyrrole nitrogens is 1. The molecule has 152 valence electrons. The summed E-state index contributed by atoms with van der Waals surface area (Å²) < 4.78 is 31.7. The maximum absolute atomic E-state index is 12.2. The van der Waals surface area contributed by atoms with Gasteiger partial charge in [0.05, 0.1) is 21.8 Å². The minimum Gasteiger partial charge on any atom is -0.475 e. The molecule has 1 unspecified atom stereocenters. The third kappa shape index (κ3) is 6.60. The van der Waals surface area contributed by atoms with Crippen molar-refractivity contribution in [1.29, 1.82) is 0 Å². The highest BCUT2D eigenvalue weighted by Gasteiger charge is 2.38. The van der Waals surface area contributed by atoms with Crippen LogP contribution in [0.3, 0.4) is 0 Å². The number of halogens is 5. The Bertz CT molecular complexity index is 722. The lowest BCUT2D eigenvalue weighted by Crippen LogP contribution is -2.50. The van der Waals surface area contributed by atoms with Crippen LogP contribution in [0, 0.1) is 6.92 Å². The van der Waals surface area contributed by atoms with E-state index in [1.165, 1.54) is 7.11 Å². The molecule has 1 fully saturated rings. The fourth-order valence-corrected chi connectivity index (χ4v) is 2.50. The Balaban J connectivity index is 0.000000445. The Morgan fingerprint density at radius 3 is 2.37 bits per heavy atom. The molecular formula is C14H17Cl2F3N4O4. The van der Waals surface area contributed by atoms with Crippen LogP contribution in [0.5, 0.6) is 0 Å². The lowest BCUT2D eigenvalue weighted by Gasteiger charge is -2.25. The maximum atomic E-state index is 12.2. The zero-order chi connectivity index (χ0) is 20.8. The zero-order valence-corrected chi connectivity index (χ0v) is 15.7. The lowest BCUT2D eigenvalue weighted by atomic mass is 10.0. The highest BCUT2D eigenvalue weighted by molar-refractivity contribution is 6.44. The average molecular weight is 433 g/mol. The first-order valence-corrected chi connectivity index (χ1v) is 8.19. The van der Waals surface area contributed by atoms with E-state index < -0.39 is 12.1 Å². The second kappa shape index (κ2) is 9.81. The van der Waals surface area contributed by atoms with E-state index in [4.69, 9.17) is 37.9 Å². The molecule has 1 saturated heterocycles. The van der Waals surface area contributed by atoms with Gasteiger partial charge in [0.1, 0.15) is 12.8 Å². The van der Waals surface area contributed by atoms with Crippen LogP contribution in [0.25, 0.3) is 0 Å². The van der Waals surface area contributed by atoms with Gasteiger partial charge in [-0.1, -0.05) is 28.4 Å². The third-order valence-electron chi connectivity index (χ3n) is 3.36. The summed E-state index contributed by atoms with van der Waals surface area (Å²) in [6.45, 7) is 3.14. The standard InChI is InChI=1S/C12H16Cl2N4O2.C2HF3O2/c1-6-9(13)10(14)11(16-6)12(19)17-7-3-4-15-5-8(7)18-20-2;3-2(4,5)1(6)7/h7,15-16H,3-5H2,1-2H3,(H,17,19);(H,6,7)/b18-8+;. The molecular weight excluding hydrogens is 416 g/mol. The number of carbonyl (C=O) groups excluding carboxylic acids is 1. The Morgan fingerprint density at radius 1 is 1.33 bits per heavy atom. The minimum atomic E-state index is -5.08. The second-order valence-electron chi connectivity index (χ2n) is 5.31. The number of amides is 1. The van der Waals surface area contributed by atoms with Gasteiger partial charge < -0.3 is 25.6 Å². The van der Waals surface area contributed by atoms with Crippen molar-refractivity contribution in [3.8, 4) is 0 Å². The van der Waals surface area contributed by atoms with E-state index >= 15 is 0 Å². The fourth-order valence-electron chi connectivity index (χ4n) is 2.08. The fraction of sp³-hybridized carbons (Fsp3) is 0.500. The van der Waals surface area contributed by atoms with Crippen LogP contribution >= 0.6 is 23.2 Å². The van der Waals surface area contributed by atoms with Crippen LogP contribution in [0.1, 0.15) is 22.6 Å². The Labute approximate surface area is 162 Å². The second-order valence-corrected chi connectivity index (χ2v) is 6.07. The monoisotopic (exact) mass is 432 g/mol. The van der Waals surface area contributed by atoms with E-state index in [0.717, 1.165) is 18.7 Å². The number of aromatic nitrogens is 1. The highest BCUT2D eigenvalue weighted by atomic mass is 35.5. The molecule has 1 aliphatic rings. The van der Waals surface area contributed by atoms with Gasteiger partial charge in [0.2, 0.25) is 0 Å². The van der Waals surface area contributed by atoms with Gasteiger partial charge >= 0.3 is 12.1 Å². The number of carboxylic acid groups (broad SMARTS) is 1. The van der Waals surface area contributed by atoms with Crippen molar-refractivity contribution in [3.05, 3.63) is 21.4 Å². The number of aryl methyl sites for hydroxylation is 1. The summed E-state index contributed by atoms with van der Waals surface area (Å²) in [4.78, 5) is 28.8. The van der Waals surface area contributed by atoms with Gasteiger partial charge in [-0.2, -0.15) is 13.2 Å². The molecule has 1 amide bonds. The van der Waals surface area contributed by atoms with Gasteiger partial charge in [-0.15, -0.1) is 0 Å². The average Bonchev–Trinajstić information content (AvgIpc) is 2.84. The van der Waals surface area contributed by atoms with Crippen molar-refractivity contribution >= 4 is 40.8 Å². The predicted molar refractivity (Wildman–Crippen MR) is 92.4 cm³/mol. The van der Waals surface area contributed by atoms with Gasteiger partial charge in [-0.25, -0.2) is 4.79 Å². The van der Waals surface area contributed by atoms with Gasteiger partial charge in [0, 0.05) is 12.2 Å². The molecule has 0 aromatic carbocycles. The van der Waals surface area contributed by atoms with Crippen LogP contribution < -0.4 is 10.6 Å². The van der Waals surface area contributed by atoms with Crippen LogP contribution in [-0.4, -0.2) is 60.1 Å². The molecule has 0 bridgehead atoms. The van der Waals surface area contributed by atoms with Crippen LogP contribution in [-0.2, 0) is 9.63 Å². The highest BCUT2D eigenvalue weighted by Crippen LogP contribution is 2.29. The summed E-state index contributed by atoms with van der Waals surface area (Å²) in [5.41, 5.74) is 1.68. The molecule has 0 aliphatic carbocycles. The Morgan fingerprint density at radius 2 is 1.93 bits per heavy atom. The van der Waals surface area contributed by atoms with Crippen LogP contribution in [0.4, 0.5) is 13.2 Å². The van der Waals surface area contributed by atoms with Crippen molar-refractivity contribution in [2.45, 2.75) is 25.6 Å². The van der Waals surface area contributed by atoms with Gasteiger partial charge in [-0.05, 0) is 19.9 Å². The first-order valence-electron chi connectivity index (χ1n) is 7.44. The normalized spacial score (nSPS) is 18.5. The Hall–Kier alpha value is -1.98. The topological polar surface area (TPSA) is 116 Å². The first kappa shape index (κ1) is 23.1. The molecule has 1 atom stereocenters. The van der Waals surface area contributed by atoms with Gasteiger partial charge in [0.25, 0.3) is 5.91 Å². The number of carboxylic acids is 1. The molecule has 0 spiro atoms. The number of piperidine rings is 1. The number of rotatable bonds is 3. The van der Waals surface area contributed by atoms with E-state index in [9.17, 15) is 18.0 Å².